The van der Waals surface area contributed by atoms with E-state index in [1.165, 1.54) is 48.3 Å². The molecule has 0 aliphatic carbocycles. The molecule has 0 radical (unpaired) electrons. The summed E-state index contributed by atoms with van der Waals surface area (Å²) in [5, 5.41) is 11.0. The Balaban J connectivity index is 2.00. The maximum atomic E-state index is 13.7. The Morgan fingerprint density at radius 1 is 1.29 bits per heavy atom. The molecule has 122 valence electrons. The van der Waals surface area contributed by atoms with E-state index in [0.717, 1.165) is 0 Å². The van der Waals surface area contributed by atoms with Gasteiger partial charge in [-0.15, -0.1) is 0 Å². The molecule has 0 amide bonds. The normalized spacial score (nSPS) is 10.8. The monoisotopic (exact) mass is 329 g/mol. The number of ether oxygens (including phenoxy) is 1. The number of nitro groups is 1. The first-order chi connectivity index (χ1) is 11.5. The van der Waals surface area contributed by atoms with Crippen molar-refractivity contribution in [3.63, 3.8) is 0 Å². The van der Waals surface area contributed by atoms with Gasteiger partial charge in [-0.2, -0.15) is 0 Å². The Hall–Kier alpha value is -3.29. The fourth-order valence-corrected chi connectivity index (χ4v) is 2.38. The van der Waals surface area contributed by atoms with Crippen molar-refractivity contribution in [2.75, 3.05) is 7.11 Å². The van der Waals surface area contributed by atoms with Crippen LogP contribution in [0.4, 0.5) is 10.1 Å². The predicted molar refractivity (Wildman–Crippen MR) is 84.7 cm³/mol. The van der Waals surface area contributed by atoms with Crippen molar-refractivity contribution in [2.24, 2.45) is 0 Å². The lowest BCUT2D eigenvalue weighted by Crippen LogP contribution is -2.21. The Bertz CT molecular complexity index is 1000. The molecule has 0 aliphatic rings. The highest BCUT2D eigenvalue weighted by Gasteiger charge is 2.11. The van der Waals surface area contributed by atoms with Crippen LogP contribution in [0.1, 0.15) is 5.56 Å². The molecule has 1 heterocycles. The van der Waals surface area contributed by atoms with Crippen LogP contribution in [0.5, 0.6) is 5.75 Å². The number of hydrogen-bond donors (Lipinski definition) is 0. The Kier molecular flexibility index (Phi) is 3.95. The molecule has 7 nitrogen and oxygen atoms in total. The van der Waals surface area contributed by atoms with Crippen LogP contribution in [0.25, 0.3) is 10.9 Å². The summed E-state index contributed by atoms with van der Waals surface area (Å²) in [6.07, 6.45) is 1.29. The smallest absolute Gasteiger partial charge is 0.271 e. The van der Waals surface area contributed by atoms with Gasteiger partial charge in [-0.05, 0) is 23.8 Å². The zero-order chi connectivity index (χ0) is 17.3. The summed E-state index contributed by atoms with van der Waals surface area (Å²) in [5.41, 5.74) is 0.320. The first kappa shape index (κ1) is 15.6. The molecule has 1 aromatic heterocycles. The second-order valence-corrected chi connectivity index (χ2v) is 5.11. The zero-order valence-corrected chi connectivity index (χ0v) is 12.6. The summed E-state index contributed by atoms with van der Waals surface area (Å²) in [6, 6.07) is 8.28. The van der Waals surface area contributed by atoms with E-state index >= 15 is 0 Å². The van der Waals surface area contributed by atoms with Gasteiger partial charge >= 0.3 is 0 Å². The van der Waals surface area contributed by atoms with Crippen LogP contribution in [0.3, 0.4) is 0 Å². The lowest BCUT2D eigenvalue weighted by Gasteiger charge is -2.08. The van der Waals surface area contributed by atoms with Gasteiger partial charge in [-0.1, -0.05) is 6.07 Å². The number of hydrogen-bond acceptors (Lipinski definition) is 5. The summed E-state index contributed by atoms with van der Waals surface area (Å²) in [6.45, 7) is 0.125. The molecule has 0 aliphatic heterocycles. The number of methoxy groups -OCH3 is 1. The lowest BCUT2D eigenvalue weighted by atomic mass is 10.2. The van der Waals surface area contributed by atoms with Gasteiger partial charge in [-0.25, -0.2) is 9.37 Å². The molecule has 0 spiro atoms. The molecule has 24 heavy (non-hydrogen) atoms. The molecule has 2 aromatic carbocycles. The van der Waals surface area contributed by atoms with Crippen LogP contribution in [0.15, 0.2) is 47.5 Å². The fourth-order valence-electron chi connectivity index (χ4n) is 2.38. The van der Waals surface area contributed by atoms with Crippen LogP contribution in [-0.2, 0) is 6.54 Å². The molecule has 8 heteroatoms. The lowest BCUT2D eigenvalue weighted by molar-refractivity contribution is -0.384. The molecular weight excluding hydrogens is 317 g/mol. The van der Waals surface area contributed by atoms with Gasteiger partial charge in [0, 0.05) is 12.1 Å². The van der Waals surface area contributed by atoms with Crippen LogP contribution in [-0.4, -0.2) is 21.6 Å². The first-order valence-corrected chi connectivity index (χ1v) is 6.95. The van der Waals surface area contributed by atoms with Gasteiger partial charge in [-0.3, -0.25) is 19.5 Å². The van der Waals surface area contributed by atoms with Gasteiger partial charge in [0.25, 0.3) is 11.2 Å². The summed E-state index contributed by atoms with van der Waals surface area (Å²) in [7, 11) is 1.37. The highest BCUT2D eigenvalue weighted by atomic mass is 19.1. The maximum absolute atomic E-state index is 13.7. The van der Waals surface area contributed by atoms with E-state index in [0.29, 0.717) is 5.56 Å². The van der Waals surface area contributed by atoms with E-state index in [9.17, 15) is 19.3 Å². The standard InChI is InChI=1S/C16H12FN3O4/c1-24-15-5-2-10(6-13(15)17)8-19-9-18-14-7-11(20(22)23)3-4-12(14)16(19)21/h2-7,9H,8H2,1H3. The van der Waals surface area contributed by atoms with E-state index in [1.54, 1.807) is 6.07 Å². The number of benzene rings is 2. The van der Waals surface area contributed by atoms with Crippen molar-refractivity contribution in [1.82, 2.24) is 9.55 Å². The van der Waals surface area contributed by atoms with Gasteiger partial charge < -0.3 is 4.74 Å². The first-order valence-electron chi connectivity index (χ1n) is 6.95. The quantitative estimate of drug-likeness (QED) is 0.542. The molecule has 3 aromatic rings. The van der Waals surface area contributed by atoms with Crippen molar-refractivity contribution in [3.8, 4) is 5.75 Å². The third kappa shape index (κ3) is 2.81. The van der Waals surface area contributed by atoms with Crippen LogP contribution < -0.4 is 10.3 Å². The van der Waals surface area contributed by atoms with Crippen molar-refractivity contribution >= 4 is 16.6 Å². The highest BCUT2D eigenvalue weighted by molar-refractivity contribution is 5.79. The van der Waals surface area contributed by atoms with Gasteiger partial charge in [0.05, 0.1) is 35.8 Å². The van der Waals surface area contributed by atoms with E-state index in [1.807, 2.05) is 0 Å². The third-order valence-electron chi connectivity index (χ3n) is 3.59. The van der Waals surface area contributed by atoms with Gasteiger partial charge in [0.15, 0.2) is 11.6 Å². The minimum absolute atomic E-state index is 0.120. The van der Waals surface area contributed by atoms with Crippen molar-refractivity contribution in [1.29, 1.82) is 0 Å². The number of nitro benzene ring substituents is 1. The summed E-state index contributed by atoms with van der Waals surface area (Å²) in [4.78, 5) is 26.8. The highest BCUT2D eigenvalue weighted by Crippen LogP contribution is 2.19. The minimum atomic E-state index is -0.549. The number of fused-ring (bicyclic) bond motifs is 1. The molecule has 0 N–H and O–H groups in total. The number of halogens is 1. The molecular formula is C16H12FN3O4. The number of aromatic nitrogens is 2. The average molecular weight is 329 g/mol. The average Bonchev–Trinajstić information content (AvgIpc) is 2.57. The third-order valence-corrected chi connectivity index (χ3v) is 3.59. The molecule has 0 saturated heterocycles. The van der Waals surface area contributed by atoms with Crippen LogP contribution >= 0.6 is 0 Å². The van der Waals surface area contributed by atoms with Crippen LogP contribution in [0, 0.1) is 15.9 Å². The minimum Gasteiger partial charge on any atom is -0.494 e. The van der Waals surface area contributed by atoms with Crippen molar-refractivity contribution < 1.29 is 14.1 Å². The van der Waals surface area contributed by atoms with E-state index in [2.05, 4.69) is 4.98 Å². The molecule has 3 rings (SSSR count). The van der Waals surface area contributed by atoms with Gasteiger partial charge in [0.2, 0.25) is 0 Å². The molecule has 0 atom stereocenters. The van der Waals surface area contributed by atoms with E-state index < -0.39 is 10.7 Å². The molecule has 0 unspecified atom stereocenters. The predicted octanol–water partition coefficient (Wildman–Crippen LogP) is 2.50. The Morgan fingerprint density at radius 3 is 2.75 bits per heavy atom. The fraction of sp³-hybridized carbons (Fsp3) is 0.125. The van der Waals surface area contributed by atoms with Crippen molar-refractivity contribution in [2.45, 2.75) is 6.54 Å². The largest absolute Gasteiger partial charge is 0.494 e. The summed E-state index contributed by atoms with van der Waals surface area (Å²) in [5.74, 6) is -0.400. The second kappa shape index (κ2) is 6.07. The molecule has 0 bridgehead atoms. The van der Waals surface area contributed by atoms with Crippen LogP contribution in [0.2, 0.25) is 0 Å². The van der Waals surface area contributed by atoms with Gasteiger partial charge in [0.1, 0.15) is 0 Å². The van der Waals surface area contributed by atoms with E-state index in [4.69, 9.17) is 4.74 Å². The Morgan fingerprint density at radius 2 is 2.08 bits per heavy atom. The summed E-state index contributed by atoms with van der Waals surface area (Å²) >= 11 is 0. The number of rotatable bonds is 4. The molecule has 0 fully saturated rings. The second-order valence-electron chi connectivity index (χ2n) is 5.11. The Labute approximate surface area is 135 Å². The zero-order valence-electron chi connectivity index (χ0n) is 12.6. The molecule has 0 saturated carbocycles. The maximum Gasteiger partial charge on any atom is 0.271 e. The SMILES string of the molecule is COc1ccc(Cn2cnc3cc([N+](=O)[O-])ccc3c2=O)cc1F. The van der Waals surface area contributed by atoms with E-state index in [-0.39, 0.29) is 34.4 Å². The summed E-state index contributed by atoms with van der Waals surface area (Å²) < 4.78 is 19.9. The number of non-ortho nitro benzene ring substituents is 1. The number of nitrogens with zero attached hydrogens (tertiary/aromatic N) is 3. The van der Waals surface area contributed by atoms with Crippen molar-refractivity contribution in [3.05, 3.63) is 74.6 Å². The topological polar surface area (TPSA) is 87.3 Å².